The van der Waals surface area contributed by atoms with Crippen molar-refractivity contribution in [3.63, 3.8) is 0 Å². The minimum Gasteiger partial charge on any atom is -0.458 e. The van der Waals surface area contributed by atoms with Crippen molar-refractivity contribution in [3.05, 3.63) is 94.8 Å². The van der Waals surface area contributed by atoms with Crippen LogP contribution in [-0.2, 0) is 16.0 Å². The molecule has 0 saturated heterocycles. The molecule has 3 aromatic carbocycles. The number of hydrogen-bond acceptors (Lipinski definition) is 4. The molecule has 0 aromatic heterocycles. The van der Waals surface area contributed by atoms with Crippen molar-refractivity contribution in [2.24, 2.45) is 5.73 Å². The van der Waals surface area contributed by atoms with Gasteiger partial charge in [0.2, 0.25) is 5.91 Å². The lowest BCUT2D eigenvalue weighted by atomic mass is 9.79. The van der Waals surface area contributed by atoms with Crippen molar-refractivity contribution >= 4 is 11.9 Å². The van der Waals surface area contributed by atoms with Crippen LogP contribution in [-0.4, -0.2) is 24.0 Å². The highest BCUT2D eigenvalue weighted by Gasteiger charge is 2.36. The Morgan fingerprint density at radius 2 is 1.67 bits per heavy atom. The molecule has 0 bridgehead atoms. The van der Waals surface area contributed by atoms with Gasteiger partial charge in [0.05, 0.1) is 11.5 Å². The molecule has 0 aliphatic heterocycles. The van der Waals surface area contributed by atoms with E-state index in [-0.39, 0.29) is 11.9 Å². The van der Waals surface area contributed by atoms with Crippen LogP contribution in [0.3, 0.4) is 0 Å². The lowest BCUT2D eigenvalue weighted by Gasteiger charge is -2.32. The lowest BCUT2D eigenvalue weighted by Crippen LogP contribution is -2.38. The van der Waals surface area contributed by atoms with Gasteiger partial charge in [-0.25, -0.2) is 9.18 Å². The molecule has 1 amide bonds. The van der Waals surface area contributed by atoms with Crippen LogP contribution in [0.25, 0.3) is 11.1 Å². The molecule has 3 N–H and O–H groups in total. The molecule has 4 rings (SSSR count). The van der Waals surface area contributed by atoms with Crippen molar-refractivity contribution in [1.82, 2.24) is 5.32 Å². The number of benzene rings is 3. The zero-order valence-electron chi connectivity index (χ0n) is 21.0. The van der Waals surface area contributed by atoms with Gasteiger partial charge in [-0.1, -0.05) is 63.2 Å². The van der Waals surface area contributed by atoms with E-state index in [0.717, 1.165) is 28.7 Å². The number of hydrogen-bond donors (Lipinski definition) is 2. The highest BCUT2D eigenvalue weighted by Crippen LogP contribution is 2.36. The van der Waals surface area contributed by atoms with Gasteiger partial charge in [-0.3, -0.25) is 4.79 Å². The fourth-order valence-corrected chi connectivity index (χ4v) is 4.99. The second kappa shape index (κ2) is 11.0. The fraction of sp³-hybridized carbons (Fsp3) is 0.333. The molecular weight excluding hydrogens is 455 g/mol. The molecule has 1 aliphatic carbocycles. The van der Waals surface area contributed by atoms with Crippen LogP contribution >= 0.6 is 0 Å². The molecule has 3 aromatic rings. The van der Waals surface area contributed by atoms with E-state index >= 15 is 0 Å². The summed E-state index contributed by atoms with van der Waals surface area (Å²) in [5.41, 5.74) is 11.0. The normalized spacial score (nSPS) is 17.9. The number of carbonyl (C=O) groups excluding carboxylic acids is 2. The van der Waals surface area contributed by atoms with Gasteiger partial charge < -0.3 is 15.8 Å². The Morgan fingerprint density at radius 3 is 2.25 bits per heavy atom. The average Bonchev–Trinajstić information content (AvgIpc) is 2.87. The molecule has 0 spiro atoms. The summed E-state index contributed by atoms with van der Waals surface area (Å²) in [6.07, 6.45) is 1.56. The Labute approximate surface area is 211 Å². The fourth-order valence-electron chi connectivity index (χ4n) is 4.99. The maximum Gasteiger partial charge on any atom is 0.338 e. The molecule has 5 nitrogen and oxygen atoms in total. The average molecular weight is 489 g/mol. The van der Waals surface area contributed by atoms with E-state index in [1.807, 2.05) is 12.1 Å². The van der Waals surface area contributed by atoms with Crippen molar-refractivity contribution < 1.29 is 18.7 Å². The Bertz CT molecular complexity index is 1220. The molecule has 3 atom stereocenters. The van der Waals surface area contributed by atoms with Crippen LogP contribution in [0.5, 0.6) is 0 Å². The van der Waals surface area contributed by atoms with E-state index in [1.165, 1.54) is 17.7 Å². The number of rotatable bonds is 8. The van der Waals surface area contributed by atoms with Gasteiger partial charge in [0.1, 0.15) is 11.9 Å². The number of nitrogens with two attached hydrogens (primary N) is 1. The van der Waals surface area contributed by atoms with Gasteiger partial charge in [0.25, 0.3) is 0 Å². The number of esters is 1. The van der Waals surface area contributed by atoms with Crippen LogP contribution in [0.1, 0.15) is 72.6 Å². The second-order valence-electron chi connectivity index (χ2n) is 9.69. The molecule has 0 heterocycles. The summed E-state index contributed by atoms with van der Waals surface area (Å²) in [6, 6.07) is 19.9. The molecule has 3 unspecified atom stereocenters. The number of carbonyl (C=O) groups is 2. The van der Waals surface area contributed by atoms with Gasteiger partial charge in [0, 0.05) is 12.1 Å². The molecule has 0 radical (unpaired) electrons. The maximum absolute atomic E-state index is 13.2. The van der Waals surface area contributed by atoms with Crippen LogP contribution in [0.4, 0.5) is 4.39 Å². The van der Waals surface area contributed by atoms with Crippen molar-refractivity contribution in [2.75, 3.05) is 0 Å². The highest BCUT2D eigenvalue weighted by atomic mass is 19.1. The van der Waals surface area contributed by atoms with Crippen molar-refractivity contribution in [2.45, 2.75) is 64.1 Å². The third kappa shape index (κ3) is 5.65. The standard InChI is InChI=1S/C30H33FN2O3/c1-4-26(33-18(2)3)23-11-15-25-22(17-23)12-16-27(28(25)29(32)34)36-30(35)21-7-5-19(6-8-21)20-9-13-24(31)14-10-20/h5-11,13-15,17-18,26-28,33H,4,12,16H2,1-3H3,(H2,32,34). The Hall–Kier alpha value is -3.51. The van der Waals surface area contributed by atoms with E-state index < -0.39 is 23.9 Å². The summed E-state index contributed by atoms with van der Waals surface area (Å²) in [5.74, 6) is -1.99. The SMILES string of the molecule is CCC(NC(C)C)c1ccc2c(c1)CCC(OC(=O)c1ccc(-c3ccc(F)cc3)cc1)C2C(N)=O. The Morgan fingerprint density at radius 1 is 1.03 bits per heavy atom. The number of ether oxygens (including phenoxy) is 1. The van der Waals surface area contributed by atoms with Crippen LogP contribution in [0.2, 0.25) is 0 Å². The summed E-state index contributed by atoms with van der Waals surface area (Å²) < 4.78 is 19.0. The first-order valence-corrected chi connectivity index (χ1v) is 12.5. The van der Waals surface area contributed by atoms with Crippen LogP contribution in [0.15, 0.2) is 66.7 Å². The first-order valence-electron chi connectivity index (χ1n) is 12.5. The molecule has 0 saturated carbocycles. The zero-order valence-corrected chi connectivity index (χ0v) is 21.0. The highest BCUT2D eigenvalue weighted by molar-refractivity contribution is 5.91. The molecule has 1 aliphatic rings. The van der Waals surface area contributed by atoms with Gasteiger partial charge in [-0.2, -0.15) is 0 Å². The van der Waals surface area contributed by atoms with Gasteiger partial charge >= 0.3 is 5.97 Å². The predicted octanol–water partition coefficient (Wildman–Crippen LogP) is 5.68. The first-order chi connectivity index (χ1) is 17.3. The molecular formula is C30H33FN2O3. The zero-order chi connectivity index (χ0) is 25.8. The smallest absolute Gasteiger partial charge is 0.338 e. The first kappa shape index (κ1) is 25.6. The quantitative estimate of drug-likeness (QED) is 0.400. The summed E-state index contributed by atoms with van der Waals surface area (Å²) in [7, 11) is 0. The molecule has 188 valence electrons. The minimum absolute atomic E-state index is 0.232. The number of aryl methyl sites for hydroxylation is 1. The topological polar surface area (TPSA) is 81.4 Å². The molecule has 36 heavy (non-hydrogen) atoms. The summed E-state index contributed by atoms with van der Waals surface area (Å²) in [6.45, 7) is 6.40. The molecule has 6 heteroatoms. The Balaban J connectivity index is 1.51. The third-order valence-corrected chi connectivity index (χ3v) is 6.78. The number of nitrogens with one attached hydrogen (secondary N) is 1. The lowest BCUT2D eigenvalue weighted by molar-refractivity contribution is -0.122. The largest absolute Gasteiger partial charge is 0.458 e. The number of primary amides is 1. The van der Waals surface area contributed by atoms with E-state index in [2.05, 4.69) is 32.2 Å². The number of amides is 1. The maximum atomic E-state index is 13.2. The summed E-state index contributed by atoms with van der Waals surface area (Å²) in [4.78, 5) is 25.4. The van der Waals surface area contributed by atoms with E-state index in [9.17, 15) is 14.0 Å². The minimum atomic E-state index is -0.691. The van der Waals surface area contributed by atoms with Gasteiger partial charge in [-0.15, -0.1) is 0 Å². The van der Waals surface area contributed by atoms with Gasteiger partial charge in [-0.05, 0) is 71.3 Å². The van der Waals surface area contributed by atoms with E-state index in [0.29, 0.717) is 24.4 Å². The third-order valence-electron chi connectivity index (χ3n) is 6.78. The van der Waals surface area contributed by atoms with E-state index in [4.69, 9.17) is 10.5 Å². The summed E-state index contributed by atoms with van der Waals surface area (Å²) >= 11 is 0. The molecule has 0 fully saturated rings. The second-order valence-corrected chi connectivity index (χ2v) is 9.69. The van der Waals surface area contributed by atoms with Crippen LogP contribution in [0, 0.1) is 5.82 Å². The Kier molecular flexibility index (Phi) is 7.85. The predicted molar refractivity (Wildman–Crippen MR) is 139 cm³/mol. The van der Waals surface area contributed by atoms with Gasteiger partial charge in [0.15, 0.2) is 0 Å². The van der Waals surface area contributed by atoms with Crippen molar-refractivity contribution in [3.8, 4) is 11.1 Å². The number of halogens is 1. The monoisotopic (exact) mass is 488 g/mol. The van der Waals surface area contributed by atoms with Crippen LogP contribution < -0.4 is 11.1 Å². The van der Waals surface area contributed by atoms with Crippen molar-refractivity contribution in [1.29, 1.82) is 0 Å². The number of fused-ring (bicyclic) bond motifs is 1. The summed E-state index contributed by atoms with van der Waals surface area (Å²) in [5, 5.41) is 3.58. The van der Waals surface area contributed by atoms with E-state index in [1.54, 1.807) is 36.4 Å².